The van der Waals surface area contributed by atoms with Crippen molar-refractivity contribution in [3.05, 3.63) is 66.2 Å². The van der Waals surface area contributed by atoms with Crippen molar-refractivity contribution >= 4 is 17.6 Å². The number of carbonyl (C=O) groups excluding carboxylic acids is 2. The molecule has 1 amide bonds. The number of benzene rings is 2. The molecule has 1 unspecified atom stereocenters. The maximum atomic E-state index is 12.5. The summed E-state index contributed by atoms with van der Waals surface area (Å²) in [5.74, 6) is -0.0624. The van der Waals surface area contributed by atoms with E-state index in [1.807, 2.05) is 0 Å². The molecule has 0 radical (unpaired) electrons. The molecule has 0 aliphatic heterocycles. The predicted octanol–water partition coefficient (Wildman–Crippen LogP) is 2.53. The first-order valence-electron chi connectivity index (χ1n) is 9.15. The maximum Gasteiger partial charge on any atom is 0.338 e. The van der Waals surface area contributed by atoms with Crippen LogP contribution in [0.15, 0.2) is 55.1 Å². The summed E-state index contributed by atoms with van der Waals surface area (Å²) in [6.07, 6.45) is 2.06. The summed E-state index contributed by atoms with van der Waals surface area (Å²) in [5, 5.41) is 6.73. The molecule has 1 heterocycles. The molecule has 0 spiro atoms. The Morgan fingerprint density at radius 3 is 2.50 bits per heavy atom. The van der Waals surface area contributed by atoms with Crippen molar-refractivity contribution in [2.45, 2.75) is 19.6 Å². The zero-order valence-electron chi connectivity index (χ0n) is 16.9. The molecule has 3 rings (SSSR count). The lowest BCUT2D eigenvalue weighted by Crippen LogP contribution is -2.30. The third kappa shape index (κ3) is 5.13. The van der Waals surface area contributed by atoms with Gasteiger partial charge in [-0.05, 0) is 36.8 Å². The number of nitrogens with one attached hydrogen (secondary N) is 1. The molecule has 0 saturated carbocycles. The first-order chi connectivity index (χ1) is 14.5. The Hall–Kier alpha value is -3.88. The van der Waals surface area contributed by atoms with Crippen molar-refractivity contribution in [2.24, 2.45) is 0 Å². The van der Waals surface area contributed by atoms with Gasteiger partial charge in [-0.2, -0.15) is 5.10 Å². The number of esters is 1. The van der Waals surface area contributed by atoms with Gasteiger partial charge >= 0.3 is 5.97 Å². The first kappa shape index (κ1) is 20.8. The number of hydrogen-bond donors (Lipinski definition) is 1. The predicted molar refractivity (Wildman–Crippen MR) is 109 cm³/mol. The molecular weight excluding hydrogens is 388 g/mol. The van der Waals surface area contributed by atoms with E-state index in [-0.39, 0.29) is 0 Å². The van der Waals surface area contributed by atoms with E-state index in [0.29, 0.717) is 29.3 Å². The van der Waals surface area contributed by atoms with Gasteiger partial charge in [0.25, 0.3) is 5.91 Å². The molecule has 0 bridgehead atoms. The largest absolute Gasteiger partial charge is 0.497 e. The minimum absolute atomic E-state index is 0.343. The number of rotatable bonds is 8. The fourth-order valence-corrected chi connectivity index (χ4v) is 2.68. The molecule has 9 heteroatoms. The smallest absolute Gasteiger partial charge is 0.338 e. The third-order valence-corrected chi connectivity index (χ3v) is 4.32. The van der Waals surface area contributed by atoms with E-state index in [4.69, 9.17) is 14.2 Å². The Balaban J connectivity index is 1.60. The average Bonchev–Trinajstić information content (AvgIpc) is 3.27. The van der Waals surface area contributed by atoms with E-state index in [1.54, 1.807) is 53.5 Å². The quantitative estimate of drug-likeness (QED) is 0.569. The molecule has 1 atom stereocenters. The van der Waals surface area contributed by atoms with Crippen LogP contribution >= 0.6 is 0 Å². The number of anilines is 1. The van der Waals surface area contributed by atoms with Gasteiger partial charge in [-0.3, -0.25) is 4.79 Å². The minimum atomic E-state index is -1.01. The van der Waals surface area contributed by atoms with Crippen LogP contribution in [-0.4, -0.2) is 47.0 Å². The van der Waals surface area contributed by atoms with Crippen LogP contribution < -0.4 is 14.8 Å². The number of ether oxygens (including phenoxy) is 3. The van der Waals surface area contributed by atoms with Crippen molar-refractivity contribution in [2.75, 3.05) is 19.5 Å². The molecule has 0 aliphatic carbocycles. The van der Waals surface area contributed by atoms with Crippen molar-refractivity contribution in [1.82, 2.24) is 14.8 Å². The fraction of sp³-hybridized carbons (Fsp3) is 0.238. The van der Waals surface area contributed by atoms with E-state index < -0.39 is 18.0 Å². The van der Waals surface area contributed by atoms with Crippen LogP contribution in [0.1, 0.15) is 22.8 Å². The Bertz CT molecular complexity index is 1000. The Morgan fingerprint density at radius 1 is 1.10 bits per heavy atom. The van der Waals surface area contributed by atoms with Gasteiger partial charge in [0.2, 0.25) is 0 Å². The summed E-state index contributed by atoms with van der Waals surface area (Å²) in [5.41, 5.74) is 1.71. The van der Waals surface area contributed by atoms with E-state index in [2.05, 4.69) is 15.4 Å². The highest BCUT2D eigenvalue weighted by atomic mass is 16.5. The van der Waals surface area contributed by atoms with E-state index in [1.165, 1.54) is 27.5 Å². The molecule has 30 heavy (non-hydrogen) atoms. The highest BCUT2D eigenvalue weighted by molar-refractivity contribution is 5.98. The highest BCUT2D eigenvalue weighted by Gasteiger charge is 2.20. The third-order valence-electron chi connectivity index (χ3n) is 4.32. The molecule has 9 nitrogen and oxygen atoms in total. The molecule has 0 saturated heterocycles. The second-order valence-electron chi connectivity index (χ2n) is 6.39. The summed E-state index contributed by atoms with van der Waals surface area (Å²) in [4.78, 5) is 28.8. The summed E-state index contributed by atoms with van der Waals surface area (Å²) in [6, 6.07) is 11.9. The fourth-order valence-electron chi connectivity index (χ4n) is 2.68. The molecule has 1 aromatic heterocycles. The van der Waals surface area contributed by atoms with Gasteiger partial charge in [-0.25, -0.2) is 14.5 Å². The van der Waals surface area contributed by atoms with Crippen molar-refractivity contribution in [1.29, 1.82) is 0 Å². The number of carbonyl (C=O) groups is 2. The standard InChI is InChI=1S/C21H22N4O5/c1-14(20(26)24-18-10-17(28-2)8-9-19(18)29-3)30-21(27)16-6-4-15(5-7-16)11-25-13-22-12-23-25/h4-10,12-14H,11H2,1-3H3,(H,24,26). The lowest BCUT2D eigenvalue weighted by Gasteiger charge is -2.16. The zero-order valence-corrected chi connectivity index (χ0v) is 16.9. The van der Waals surface area contributed by atoms with Crippen molar-refractivity contribution < 1.29 is 23.8 Å². The second-order valence-corrected chi connectivity index (χ2v) is 6.39. The van der Waals surface area contributed by atoms with Gasteiger partial charge in [0.1, 0.15) is 24.2 Å². The van der Waals surface area contributed by atoms with Crippen LogP contribution in [0.5, 0.6) is 11.5 Å². The summed E-state index contributed by atoms with van der Waals surface area (Å²) in [6.45, 7) is 2.04. The van der Waals surface area contributed by atoms with Crippen molar-refractivity contribution in [3.63, 3.8) is 0 Å². The Kier molecular flexibility index (Phi) is 6.63. The molecular formula is C21H22N4O5. The average molecular weight is 410 g/mol. The van der Waals surface area contributed by atoms with Gasteiger partial charge < -0.3 is 19.5 Å². The van der Waals surface area contributed by atoms with Gasteiger partial charge in [0, 0.05) is 6.07 Å². The van der Waals surface area contributed by atoms with E-state index in [9.17, 15) is 9.59 Å². The van der Waals surface area contributed by atoms with E-state index >= 15 is 0 Å². The van der Waals surface area contributed by atoms with Crippen LogP contribution in [0, 0.1) is 0 Å². The monoisotopic (exact) mass is 410 g/mol. The first-order valence-corrected chi connectivity index (χ1v) is 9.15. The van der Waals surface area contributed by atoms with Crippen LogP contribution in [0.4, 0.5) is 5.69 Å². The second kappa shape index (κ2) is 9.55. The Morgan fingerprint density at radius 2 is 1.87 bits per heavy atom. The van der Waals surface area contributed by atoms with Gasteiger partial charge in [0.05, 0.1) is 32.0 Å². The normalized spacial score (nSPS) is 11.4. The summed E-state index contributed by atoms with van der Waals surface area (Å²) >= 11 is 0. The number of amides is 1. The zero-order chi connectivity index (χ0) is 21.5. The molecule has 0 fully saturated rings. The number of hydrogen-bond acceptors (Lipinski definition) is 7. The summed E-state index contributed by atoms with van der Waals surface area (Å²) in [7, 11) is 3.02. The van der Waals surface area contributed by atoms with Crippen LogP contribution in [0.3, 0.4) is 0 Å². The van der Waals surface area contributed by atoms with Gasteiger partial charge in [-0.15, -0.1) is 0 Å². The maximum absolute atomic E-state index is 12.5. The topological polar surface area (TPSA) is 105 Å². The lowest BCUT2D eigenvalue weighted by atomic mass is 10.1. The van der Waals surface area contributed by atoms with E-state index in [0.717, 1.165) is 5.56 Å². The number of methoxy groups -OCH3 is 2. The van der Waals surface area contributed by atoms with Gasteiger partial charge in [-0.1, -0.05) is 12.1 Å². The molecule has 0 aliphatic rings. The molecule has 156 valence electrons. The Labute approximate surface area is 173 Å². The number of nitrogens with zero attached hydrogens (tertiary/aromatic N) is 3. The minimum Gasteiger partial charge on any atom is -0.497 e. The molecule has 2 aromatic carbocycles. The molecule has 1 N–H and O–H groups in total. The van der Waals surface area contributed by atoms with Crippen LogP contribution in [0.25, 0.3) is 0 Å². The van der Waals surface area contributed by atoms with Crippen LogP contribution in [-0.2, 0) is 16.1 Å². The van der Waals surface area contributed by atoms with Crippen LogP contribution in [0.2, 0.25) is 0 Å². The van der Waals surface area contributed by atoms with Crippen molar-refractivity contribution in [3.8, 4) is 11.5 Å². The number of aromatic nitrogens is 3. The summed E-state index contributed by atoms with van der Waals surface area (Å²) < 4.78 is 17.4. The SMILES string of the molecule is COc1ccc(OC)c(NC(=O)C(C)OC(=O)c2ccc(Cn3cncn3)cc2)c1. The van der Waals surface area contributed by atoms with Gasteiger partial charge in [0.15, 0.2) is 6.10 Å². The highest BCUT2D eigenvalue weighted by Crippen LogP contribution is 2.29. The lowest BCUT2D eigenvalue weighted by molar-refractivity contribution is -0.123. The molecule has 3 aromatic rings.